The number of hydrogen-bond acceptors (Lipinski definition) is 2. The first-order chi connectivity index (χ1) is 6.56. The van der Waals surface area contributed by atoms with Gasteiger partial charge in [0, 0.05) is 6.92 Å². The van der Waals surface area contributed by atoms with Gasteiger partial charge in [-0.1, -0.05) is 38.5 Å². The molecule has 0 aromatic rings. The van der Waals surface area contributed by atoms with Crippen LogP contribution in [0.25, 0.3) is 0 Å². The lowest BCUT2D eigenvalue weighted by Crippen LogP contribution is -1.97. The molecule has 0 aliphatic rings. The molecule has 0 bridgehead atoms. The minimum absolute atomic E-state index is 0.236. The van der Waals surface area contributed by atoms with E-state index >= 15 is 0 Å². The molecule has 0 spiro atoms. The van der Waals surface area contributed by atoms with Gasteiger partial charge in [0.25, 0.3) is 0 Å². The maximum atomic E-state index is 10.5. The highest BCUT2D eigenvalue weighted by atomic mass is 16.5. The second-order valence-corrected chi connectivity index (χ2v) is 3.54. The monoisotopic (exact) mass is 196 g/mol. The molecule has 14 heavy (non-hydrogen) atoms. The molecule has 2 nitrogen and oxygen atoms in total. The van der Waals surface area contributed by atoms with E-state index in [0.717, 1.165) is 6.42 Å². The number of carbonyl (C=O) groups excluding carboxylic acids is 1. The van der Waals surface area contributed by atoms with Crippen molar-refractivity contribution in [3.63, 3.8) is 0 Å². The average molecular weight is 196 g/mol. The normalized spacial score (nSPS) is 12.5. The van der Waals surface area contributed by atoms with Gasteiger partial charge in [-0.05, 0) is 18.4 Å². The summed E-state index contributed by atoms with van der Waals surface area (Å²) in [5.74, 6) is 0.323. The van der Waals surface area contributed by atoms with Gasteiger partial charge < -0.3 is 4.74 Å². The van der Waals surface area contributed by atoms with Gasteiger partial charge >= 0.3 is 5.97 Å². The number of allylic oxidation sites excluding steroid dienone is 3. The van der Waals surface area contributed by atoms with E-state index in [1.165, 1.54) is 12.5 Å². The van der Waals surface area contributed by atoms with Gasteiger partial charge in [0.1, 0.15) is 6.61 Å². The Balaban J connectivity index is 3.99. The Morgan fingerprint density at radius 1 is 1.43 bits per heavy atom. The van der Waals surface area contributed by atoms with Crippen molar-refractivity contribution in [1.29, 1.82) is 0 Å². The van der Waals surface area contributed by atoms with Crippen LogP contribution >= 0.6 is 0 Å². The van der Waals surface area contributed by atoms with E-state index in [4.69, 9.17) is 4.74 Å². The summed E-state index contributed by atoms with van der Waals surface area (Å²) < 4.78 is 4.79. The molecule has 0 saturated carbocycles. The van der Waals surface area contributed by atoms with Crippen LogP contribution in [0.3, 0.4) is 0 Å². The van der Waals surface area contributed by atoms with Crippen molar-refractivity contribution in [3.8, 4) is 0 Å². The van der Waals surface area contributed by atoms with Crippen LogP contribution in [0.2, 0.25) is 0 Å². The van der Waals surface area contributed by atoms with E-state index in [1.54, 1.807) is 0 Å². The second-order valence-electron chi connectivity index (χ2n) is 3.54. The zero-order chi connectivity index (χ0) is 11.0. The van der Waals surface area contributed by atoms with Crippen LogP contribution in [0, 0.1) is 5.92 Å². The van der Waals surface area contributed by atoms with E-state index in [9.17, 15) is 4.79 Å². The molecule has 0 aliphatic heterocycles. The molecule has 0 fully saturated rings. The van der Waals surface area contributed by atoms with Gasteiger partial charge in [-0.2, -0.15) is 0 Å². The van der Waals surface area contributed by atoms with Crippen LogP contribution in [-0.4, -0.2) is 12.6 Å². The fraction of sp³-hybridized carbons (Fsp3) is 0.583. The van der Waals surface area contributed by atoms with E-state index < -0.39 is 0 Å². The summed E-state index contributed by atoms with van der Waals surface area (Å²) in [7, 11) is 0. The minimum atomic E-state index is -0.236. The first-order valence-electron chi connectivity index (χ1n) is 5.06. The number of rotatable bonds is 5. The van der Waals surface area contributed by atoms with Crippen LogP contribution in [0.1, 0.15) is 34.1 Å². The van der Waals surface area contributed by atoms with Gasteiger partial charge in [0.15, 0.2) is 0 Å². The maximum Gasteiger partial charge on any atom is 0.302 e. The second kappa shape index (κ2) is 7.36. The van der Waals surface area contributed by atoms with Gasteiger partial charge in [0.2, 0.25) is 0 Å². The van der Waals surface area contributed by atoms with E-state index in [1.807, 2.05) is 12.2 Å². The molecule has 2 heteroatoms. The smallest absolute Gasteiger partial charge is 0.302 e. The highest BCUT2D eigenvalue weighted by Crippen LogP contribution is 2.07. The molecule has 0 unspecified atom stereocenters. The molecular formula is C12H20O2. The topological polar surface area (TPSA) is 26.3 Å². The minimum Gasteiger partial charge on any atom is -0.462 e. The Bertz CT molecular complexity index is 224. The lowest BCUT2D eigenvalue weighted by Gasteiger charge is -2.01. The molecule has 0 atom stereocenters. The predicted octanol–water partition coefficient (Wildman–Crippen LogP) is 3.10. The van der Waals surface area contributed by atoms with E-state index in [2.05, 4.69) is 26.8 Å². The Morgan fingerprint density at radius 3 is 2.50 bits per heavy atom. The lowest BCUT2D eigenvalue weighted by molar-refractivity contribution is -0.139. The first-order valence-corrected chi connectivity index (χ1v) is 5.06. The zero-order valence-electron chi connectivity index (χ0n) is 9.54. The number of hydrogen-bond donors (Lipinski definition) is 0. The van der Waals surface area contributed by atoms with Gasteiger partial charge in [-0.15, -0.1) is 0 Å². The quantitative estimate of drug-likeness (QED) is 0.499. The van der Waals surface area contributed by atoms with Crippen LogP contribution in [-0.2, 0) is 9.53 Å². The Labute approximate surface area is 86.6 Å². The SMILES string of the molecule is CCC(/C=C/COC(C)=O)=C\C(C)C. The average Bonchev–Trinajstić information content (AvgIpc) is 2.09. The first kappa shape index (κ1) is 12.9. The molecule has 80 valence electrons. The van der Waals surface area contributed by atoms with E-state index in [-0.39, 0.29) is 5.97 Å². The molecule has 0 N–H and O–H groups in total. The Kier molecular flexibility index (Phi) is 6.81. The van der Waals surface area contributed by atoms with Crippen molar-refractivity contribution in [2.45, 2.75) is 34.1 Å². The summed E-state index contributed by atoms with van der Waals surface area (Å²) in [6, 6.07) is 0. The molecule has 0 radical (unpaired) electrons. The van der Waals surface area contributed by atoms with E-state index in [0.29, 0.717) is 12.5 Å². The summed E-state index contributed by atoms with van der Waals surface area (Å²) >= 11 is 0. The van der Waals surface area contributed by atoms with Crippen molar-refractivity contribution in [3.05, 3.63) is 23.8 Å². The fourth-order valence-corrected chi connectivity index (χ4v) is 1.08. The van der Waals surface area contributed by atoms with Gasteiger partial charge in [-0.25, -0.2) is 0 Å². The Morgan fingerprint density at radius 2 is 2.07 bits per heavy atom. The molecule has 0 aromatic heterocycles. The fourth-order valence-electron chi connectivity index (χ4n) is 1.08. The largest absolute Gasteiger partial charge is 0.462 e. The predicted molar refractivity (Wildman–Crippen MR) is 59.0 cm³/mol. The van der Waals surface area contributed by atoms with Crippen LogP contribution in [0.4, 0.5) is 0 Å². The summed E-state index contributed by atoms with van der Waals surface area (Å²) in [6.45, 7) is 8.19. The van der Waals surface area contributed by atoms with Crippen LogP contribution in [0.15, 0.2) is 23.8 Å². The van der Waals surface area contributed by atoms with Crippen LogP contribution in [0.5, 0.6) is 0 Å². The molecule has 0 saturated heterocycles. The summed E-state index contributed by atoms with van der Waals surface area (Å²) in [6.07, 6.45) is 7.11. The molecule has 0 rings (SSSR count). The maximum absolute atomic E-state index is 10.5. The Hall–Kier alpha value is -1.05. The number of ether oxygens (including phenoxy) is 1. The molecule has 0 aromatic carbocycles. The third-order valence-corrected chi connectivity index (χ3v) is 1.67. The van der Waals surface area contributed by atoms with Gasteiger partial charge in [0.05, 0.1) is 0 Å². The molecule has 0 aliphatic carbocycles. The van der Waals surface area contributed by atoms with Crippen molar-refractivity contribution < 1.29 is 9.53 Å². The lowest BCUT2D eigenvalue weighted by atomic mass is 10.1. The summed E-state index contributed by atoms with van der Waals surface area (Å²) in [5, 5.41) is 0. The van der Waals surface area contributed by atoms with Crippen molar-refractivity contribution in [2.24, 2.45) is 5.92 Å². The highest BCUT2D eigenvalue weighted by Gasteiger charge is 1.92. The highest BCUT2D eigenvalue weighted by molar-refractivity contribution is 5.66. The standard InChI is InChI=1S/C12H20O2/c1-5-12(9-10(2)3)7-6-8-14-11(4)13/h6-7,9-10H,5,8H2,1-4H3/b7-6+,12-9+. The van der Waals surface area contributed by atoms with Crippen LogP contribution < -0.4 is 0 Å². The molecular weight excluding hydrogens is 176 g/mol. The van der Waals surface area contributed by atoms with Crippen molar-refractivity contribution >= 4 is 5.97 Å². The number of esters is 1. The van der Waals surface area contributed by atoms with Crippen molar-refractivity contribution in [1.82, 2.24) is 0 Å². The summed E-state index contributed by atoms with van der Waals surface area (Å²) in [4.78, 5) is 10.5. The van der Waals surface area contributed by atoms with Crippen molar-refractivity contribution in [2.75, 3.05) is 6.61 Å². The van der Waals surface area contributed by atoms with Gasteiger partial charge in [-0.3, -0.25) is 4.79 Å². The molecule has 0 heterocycles. The summed E-state index contributed by atoms with van der Waals surface area (Å²) in [5.41, 5.74) is 1.28. The third kappa shape index (κ3) is 7.59. The molecule has 0 amide bonds. The third-order valence-electron chi connectivity index (χ3n) is 1.67. The zero-order valence-corrected chi connectivity index (χ0v) is 9.54. The number of carbonyl (C=O) groups is 1.